The molecule has 2 aromatic rings. The number of carbonyl (C=O) groups is 1. The summed E-state index contributed by atoms with van der Waals surface area (Å²) in [6.07, 6.45) is 3.04. The standard InChI is InChI=1S/C20H27N3O3/c1-14(2)19-21-18(22-26-19)16-11-7-4-8-12-23(16)20(25)17(24)13-15-9-5-3-6-10-15/h3,5-6,9-10,14,16-17,24H,4,7-8,11-13H2,1-2H3/t16?,17-/m0/s1. The zero-order chi connectivity index (χ0) is 18.5. The van der Waals surface area contributed by atoms with Crippen LogP contribution in [0.2, 0.25) is 0 Å². The predicted octanol–water partition coefficient (Wildman–Crippen LogP) is 3.24. The molecule has 2 heterocycles. The largest absolute Gasteiger partial charge is 0.383 e. The summed E-state index contributed by atoms with van der Waals surface area (Å²) in [4.78, 5) is 19.2. The molecule has 2 atom stereocenters. The van der Waals surface area contributed by atoms with E-state index in [1.807, 2.05) is 44.2 Å². The van der Waals surface area contributed by atoms with Crippen LogP contribution in [0.15, 0.2) is 34.9 Å². The third kappa shape index (κ3) is 4.30. The van der Waals surface area contributed by atoms with Crippen molar-refractivity contribution in [2.45, 2.75) is 64.0 Å². The number of aliphatic hydroxyl groups excluding tert-OH is 1. The molecule has 0 radical (unpaired) electrons. The van der Waals surface area contributed by atoms with Crippen LogP contribution in [0, 0.1) is 0 Å². The van der Waals surface area contributed by atoms with Crippen molar-refractivity contribution in [2.75, 3.05) is 6.54 Å². The molecule has 0 saturated carbocycles. The summed E-state index contributed by atoms with van der Waals surface area (Å²) >= 11 is 0. The zero-order valence-electron chi connectivity index (χ0n) is 15.5. The summed E-state index contributed by atoms with van der Waals surface area (Å²) in [7, 11) is 0. The quantitative estimate of drug-likeness (QED) is 0.889. The second-order valence-corrected chi connectivity index (χ2v) is 7.25. The molecule has 1 aromatic carbocycles. The molecular formula is C20H27N3O3. The Morgan fingerprint density at radius 3 is 2.73 bits per heavy atom. The summed E-state index contributed by atoms with van der Waals surface area (Å²) in [6, 6.07) is 9.36. The first-order valence-corrected chi connectivity index (χ1v) is 9.42. The SMILES string of the molecule is CC(C)c1nc(C2CCCCCN2C(=O)[C@@H](O)Cc2ccccc2)no1. The fraction of sp³-hybridized carbons (Fsp3) is 0.550. The van der Waals surface area contributed by atoms with E-state index >= 15 is 0 Å². The Morgan fingerprint density at radius 1 is 1.27 bits per heavy atom. The van der Waals surface area contributed by atoms with E-state index in [-0.39, 0.29) is 17.9 Å². The average molecular weight is 357 g/mol. The number of likely N-dealkylation sites (tertiary alicyclic amines) is 1. The van der Waals surface area contributed by atoms with E-state index < -0.39 is 6.10 Å². The lowest BCUT2D eigenvalue weighted by atomic mass is 10.0. The summed E-state index contributed by atoms with van der Waals surface area (Å²) in [6.45, 7) is 4.61. The molecule has 0 bridgehead atoms. The highest BCUT2D eigenvalue weighted by molar-refractivity contribution is 5.81. The molecule has 3 rings (SSSR count). The maximum Gasteiger partial charge on any atom is 0.252 e. The van der Waals surface area contributed by atoms with Crippen molar-refractivity contribution < 1.29 is 14.4 Å². The fourth-order valence-corrected chi connectivity index (χ4v) is 3.37. The van der Waals surface area contributed by atoms with Crippen molar-refractivity contribution in [3.8, 4) is 0 Å². The van der Waals surface area contributed by atoms with Gasteiger partial charge in [-0.05, 0) is 18.4 Å². The van der Waals surface area contributed by atoms with E-state index in [0.29, 0.717) is 24.7 Å². The van der Waals surface area contributed by atoms with Crippen LogP contribution in [0.1, 0.15) is 68.8 Å². The minimum atomic E-state index is -1.06. The molecule has 26 heavy (non-hydrogen) atoms. The maximum absolute atomic E-state index is 13.0. The van der Waals surface area contributed by atoms with Gasteiger partial charge >= 0.3 is 0 Å². The van der Waals surface area contributed by atoms with Crippen molar-refractivity contribution in [3.63, 3.8) is 0 Å². The molecule has 0 spiro atoms. The Labute approximate surface area is 154 Å². The Hall–Kier alpha value is -2.21. The van der Waals surface area contributed by atoms with Crippen LogP contribution in [-0.4, -0.2) is 38.7 Å². The minimum Gasteiger partial charge on any atom is -0.383 e. The van der Waals surface area contributed by atoms with Crippen LogP contribution in [0.5, 0.6) is 0 Å². The molecule has 1 saturated heterocycles. The molecule has 1 fully saturated rings. The minimum absolute atomic E-state index is 0.148. The number of aromatic nitrogens is 2. The number of benzene rings is 1. The Kier molecular flexibility index (Phi) is 6.04. The summed E-state index contributed by atoms with van der Waals surface area (Å²) in [5, 5.41) is 14.6. The van der Waals surface area contributed by atoms with Crippen molar-refractivity contribution in [1.29, 1.82) is 0 Å². The van der Waals surface area contributed by atoms with Crippen molar-refractivity contribution >= 4 is 5.91 Å². The highest BCUT2D eigenvalue weighted by atomic mass is 16.5. The first kappa shape index (κ1) is 18.6. The lowest BCUT2D eigenvalue weighted by Gasteiger charge is -2.29. The predicted molar refractivity (Wildman–Crippen MR) is 97.5 cm³/mol. The van der Waals surface area contributed by atoms with Crippen LogP contribution < -0.4 is 0 Å². The lowest BCUT2D eigenvalue weighted by molar-refractivity contribution is -0.142. The van der Waals surface area contributed by atoms with Crippen LogP contribution in [0.3, 0.4) is 0 Å². The van der Waals surface area contributed by atoms with Gasteiger partial charge in [-0.3, -0.25) is 4.79 Å². The number of aliphatic hydroxyl groups is 1. The first-order chi connectivity index (χ1) is 12.6. The smallest absolute Gasteiger partial charge is 0.252 e. The monoisotopic (exact) mass is 357 g/mol. The van der Waals surface area contributed by atoms with Crippen LogP contribution in [0.4, 0.5) is 0 Å². The van der Waals surface area contributed by atoms with E-state index in [1.165, 1.54) is 0 Å². The van der Waals surface area contributed by atoms with Gasteiger partial charge in [0.15, 0.2) is 5.82 Å². The lowest BCUT2D eigenvalue weighted by Crippen LogP contribution is -2.42. The first-order valence-electron chi connectivity index (χ1n) is 9.42. The van der Waals surface area contributed by atoms with Gasteiger partial charge in [-0.15, -0.1) is 0 Å². The van der Waals surface area contributed by atoms with Gasteiger partial charge in [0.05, 0.1) is 6.04 Å². The topological polar surface area (TPSA) is 79.5 Å². The van der Waals surface area contributed by atoms with Gasteiger partial charge in [-0.2, -0.15) is 4.98 Å². The second-order valence-electron chi connectivity index (χ2n) is 7.25. The highest BCUT2D eigenvalue weighted by Gasteiger charge is 2.33. The van der Waals surface area contributed by atoms with Gasteiger partial charge in [-0.1, -0.05) is 62.2 Å². The van der Waals surface area contributed by atoms with Gasteiger partial charge in [0.1, 0.15) is 6.10 Å². The van der Waals surface area contributed by atoms with E-state index in [2.05, 4.69) is 10.1 Å². The van der Waals surface area contributed by atoms with Crippen molar-refractivity contribution in [3.05, 3.63) is 47.6 Å². The number of carbonyl (C=O) groups excluding carboxylic acids is 1. The number of amides is 1. The van der Waals surface area contributed by atoms with Gasteiger partial charge in [-0.25, -0.2) is 0 Å². The Bertz CT molecular complexity index is 714. The van der Waals surface area contributed by atoms with E-state index in [0.717, 1.165) is 31.2 Å². The molecule has 1 aromatic heterocycles. The van der Waals surface area contributed by atoms with Gasteiger partial charge in [0, 0.05) is 18.9 Å². The van der Waals surface area contributed by atoms with E-state index in [4.69, 9.17) is 4.52 Å². The molecule has 140 valence electrons. The molecule has 1 N–H and O–H groups in total. The molecular weight excluding hydrogens is 330 g/mol. The van der Waals surface area contributed by atoms with Crippen LogP contribution >= 0.6 is 0 Å². The molecule has 1 unspecified atom stereocenters. The Morgan fingerprint density at radius 2 is 2.04 bits per heavy atom. The maximum atomic E-state index is 13.0. The number of hydrogen-bond donors (Lipinski definition) is 1. The summed E-state index contributed by atoms with van der Waals surface area (Å²) in [5.74, 6) is 1.03. The number of hydrogen-bond acceptors (Lipinski definition) is 5. The van der Waals surface area contributed by atoms with Gasteiger partial charge in [0.2, 0.25) is 5.89 Å². The van der Waals surface area contributed by atoms with Crippen LogP contribution in [-0.2, 0) is 11.2 Å². The summed E-state index contributed by atoms with van der Waals surface area (Å²) in [5.41, 5.74) is 0.946. The van der Waals surface area contributed by atoms with Crippen LogP contribution in [0.25, 0.3) is 0 Å². The molecule has 1 amide bonds. The fourth-order valence-electron chi connectivity index (χ4n) is 3.37. The number of rotatable bonds is 5. The second kappa shape index (κ2) is 8.45. The third-order valence-electron chi connectivity index (χ3n) is 4.84. The summed E-state index contributed by atoms with van der Waals surface area (Å²) < 4.78 is 5.34. The molecule has 6 nitrogen and oxygen atoms in total. The Balaban J connectivity index is 1.77. The third-order valence-corrected chi connectivity index (χ3v) is 4.84. The highest BCUT2D eigenvalue weighted by Crippen LogP contribution is 2.30. The molecule has 1 aliphatic heterocycles. The van der Waals surface area contributed by atoms with Gasteiger partial charge in [0.25, 0.3) is 5.91 Å². The van der Waals surface area contributed by atoms with Gasteiger partial charge < -0.3 is 14.5 Å². The zero-order valence-corrected chi connectivity index (χ0v) is 15.5. The van der Waals surface area contributed by atoms with E-state index in [1.54, 1.807) is 4.90 Å². The normalized spacial score (nSPS) is 19.4. The molecule has 0 aliphatic carbocycles. The van der Waals surface area contributed by atoms with E-state index in [9.17, 15) is 9.90 Å². The molecule has 6 heteroatoms. The van der Waals surface area contributed by atoms with Crippen molar-refractivity contribution in [1.82, 2.24) is 15.0 Å². The van der Waals surface area contributed by atoms with Crippen molar-refractivity contribution in [2.24, 2.45) is 0 Å². The average Bonchev–Trinajstić information content (AvgIpc) is 3.01. The molecule has 1 aliphatic rings. The number of nitrogens with zero attached hydrogens (tertiary/aromatic N) is 3.